The van der Waals surface area contributed by atoms with E-state index in [2.05, 4.69) is 16.3 Å². The number of carbonyl (C=O) groups excluding carboxylic acids is 2. The van der Waals surface area contributed by atoms with Crippen molar-refractivity contribution in [2.24, 2.45) is 0 Å². The van der Waals surface area contributed by atoms with E-state index < -0.39 is 5.97 Å². The van der Waals surface area contributed by atoms with Gasteiger partial charge in [-0.3, -0.25) is 4.90 Å². The Morgan fingerprint density at radius 1 is 1.06 bits per heavy atom. The number of carboxylic acids is 1. The Morgan fingerprint density at radius 2 is 1.74 bits per heavy atom. The van der Waals surface area contributed by atoms with Gasteiger partial charge in [0.1, 0.15) is 5.75 Å². The number of ether oxygens (including phenoxy) is 2. The van der Waals surface area contributed by atoms with Gasteiger partial charge in [-0.25, -0.2) is 14.4 Å². The Balaban J connectivity index is 1.39. The fourth-order valence-electron chi connectivity index (χ4n) is 4.32. The number of urea groups is 1. The van der Waals surface area contributed by atoms with Crippen molar-refractivity contribution in [3.8, 4) is 5.75 Å². The molecule has 9 nitrogen and oxygen atoms in total. The molecule has 0 spiro atoms. The number of nitrogens with one attached hydrogen (secondary N) is 1. The lowest BCUT2D eigenvalue weighted by molar-refractivity contribution is 0.0598. The van der Waals surface area contributed by atoms with E-state index in [1.54, 1.807) is 17.0 Å². The molecule has 0 aromatic heterocycles. The summed E-state index contributed by atoms with van der Waals surface area (Å²) >= 11 is 0. The third-order valence-corrected chi connectivity index (χ3v) is 6.39. The lowest BCUT2D eigenvalue weighted by Gasteiger charge is -2.35. The maximum absolute atomic E-state index is 12.7. The molecule has 1 heterocycles. The lowest BCUT2D eigenvalue weighted by Crippen LogP contribution is -2.49. The van der Waals surface area contributed by atoms with Crippen LogP contribution in [0.1, 0.15) is 57.5 Å². The summed E-state index contributed by atoms with van der Waals surface area (Å²) in [7, 11) is 1.40. The largest absolute Gasteiger partial charge is 0.494 e. The summed E-state index contributed by atoms with van der Waals surface area (Å²) in [6.07, 6.45) is 2.15. The minimum absolute atomic E-state index is 0.174. The SMILES string of the molecule is CCOc1cc(C(=O)OC)c(C2CC2)cc1CN1CCN(C(=O)Nc2ccc(C(=O)O)cc2)CC1. The summed E-state index contributed by atoms with van der Waals surface area (Å²) in [5.74, 6) is -0.252. The second-order valence-corrected chi connectivity index (χ2v) is 8.82. The highest BCUT2D eigenvalue weighted by atomic mass is 16.5. The number of carboxylic acid groups (broad SMARTS) is 1. The van der Waals surface area contributed by atoms with Crippen molar-refractivity contribution in [1.29, 1.82) is 0 Å². The molecule has 9 heteroatoms. The van der Waals surface area contributed by atoms with Crippen molar-refractivity contribution >= 4 is 23.7 Å². The van der Waals surface area contributed by atoms with Crippen LogP contribution >= 0.6 is 0 Å². The van der Waals surface area contributed by atoms with Gasteiger partial charge in [-0.2, -0.15) is 0 Å². The van der Waals surface area contributed by atoms with E-state index in [1.807, 2.05) is 13.0 Å². The zero-order valence-corrected chi connectivity index (χ0v) is 20.1. The molecule has 0 atom stereocenters. The van der Waals surface area contributed by atoms with Gasteiger partial charge in [-0.15, -0.1) is 0 Å². The van der Waals surface area contributed by atoms with Crippen LogP contribution in [0.15, 0.2) is 36.4 Å². The number of hydrogen-bond donors (Lipinski definition) is 2. The average molecular weight is 482 g/mol. The maximum atomic E-state index is 12.7. The first-order chi connectivity index (χ1) is 16.9. The number of anilines is 1. The first kappa shape index (κ1) is 24.5. The molecule has 2 fully saturated rings. The van der Waals surface area contributed by atoms with Gasteiger partial charge < -0.3 is 24.8 Å². The molecule has 1 saturated heterocycles. The van der Waals surface area contributed by atoms with Crippen LogP contribution in [0.4, 0.5) is 10.5 Å². The Hall–Kier alpha value is -3.59. The van der Waals surface area contributed by atoms with Crippen LogP contribution in [0.5, 0.6) is 5.75 Å². The predicted molar refractivity (Wildman–Crippen MR) is 130 cm³/mol. The van der Waals surface area contributed by atoms with Crippen LogP contribution in [0.3, 0.4) is 0 Å². The summed E-state index contributed by atoms with van der Waals surface area (Å²) in [6, 6.07) is 9.80. The molecule has 2 aromatic carbocycles. The molecular formula is C26H31N3O6. The third kappa shape index (κ3) is 5.92. The average Bonchev–Trinajstić information content (AvgIpc) is 3.70. The minimum atomic E-state index is -1.00. The summed E-state index contributed by atoms with van der Waals surface area (Å²) < 4.78 is 10.9. The highest BCUT2D eigenvalue weighted by Crippen LogP contribution is 2.44. The Kier molecular flexibility index (Phi) is 7.55. The van der Waals surface area contributed by atoms with Gasteiger partial charge >= 0.3 is 18.0 Å². The van der Waals surface area contributed by atoms with Gasteiger partial charge in [0.25, 0.3) is 0 Å². The van der Waals surface area contributed by atoms with Crippen molar-refractivity contribution in [3.05, 3.63) is 58.7 Å². The molecule has 2 aromatic rings. The number of carbonyl (C=O) groups is 3. The molecule has 2 aliphatic rings. The molecule has 35 heavy (non-hydrogen) atoms. The van der Waals surface area contributed by atoms with Gasteiger partial charge in [0.05, 0.1) is 24.8 Å². The first-order valence-corrected chi connectivity index (χ1v) is 11.9. The van der Waals surface area contributed by atoms with Crippen LogP contribution in [0.25, 0.3) is 0 Å². The maximum Gasteiger partial charge on any atom is 0.338 e. The molecule has 2 N–H and O–H groups in total. The van der Waals surface area contributed by atoms with Crippen LogP contribution in [0.2, 0.25) is 0 Å². The van der Waals surface area contributed by atoms with Crippen molar-refractivity contribution in [2.45, 2.75) is 32.2 Å². The first-order valence-electron chi connectivity index (χ1n) is 11.9. The Labute approximate surface area is 204 Å². The second kappa shape index (κ2) is 10.8. The fourth-order valence-corrected chi connectivity index (χ4v) is 4.32. The standard InChI is InChI=1S/C26H31N3O6/c1-3-35-23-15-22(25(32)34-2)21(17-4-5-17)14-19(23)16-28-10-12-29(13-11-28)26(33)27-20-8-6-18(7-9-20)24(30)31/h6-9,14-15,17H,3-5,10-13,16H2,1-2H3,(H,27,33)(H,30,31). The summed E-state index contributed by atoms with van der Waals surface area (Å²) in [4.78, 5) is 40.0. The number of rotatable bonds is 8. The predicted octanol–water partition coefficient (Wildman–Crippen LogP) is 3.80. The van der Waals surface area contributed by atoms with Crippen LogP contribution in [0, 0.1) is 0 Å². The number of benzene rings is 2. The normalized spacial score (nSPS) is 16.0. The molecule has 0 bridgehead atoms. The molecule has 1 aliphatic heterocycles. The van der Waals surface area contributed by atoms with E-state index in [9.17, 15) is 14.4 Å². The number of aromatic carboxylic acids is 1. The van der Waals surface area contributed by atoms with E-state index in [4.69, 9.17) is 14.6 Å². The van der Waals surface area contributed by atoms with E-state index >= 15 is 0 Å². The monoisotopic (exact) mass is 481 g/mol. The summed E-state index contributed by atoms with van der Waals surface area (Å²) in [5, 5.41) is 11.8. The zero-order chi connectivity index (χ0) is 24.9. The van der Waals surface area contributed by atoms with Gasteiger partial charge in [0.15, 0.2) is 0 Å². The number of esters is 1. The Morgan fingerprint density at radius 3 is 2.31 bits per heavy atom. The van der Waals surface area contributed by atoms with Gasteiger partial charge in [0.2, 0.25) is 0 Å². The van der Waals surface area contributed by atoms with Crippen molar-refractivity contribution < 1.29 is 29.0 Å². The number of piperazine rings is 1. The Bertz CT molecular complexity index is 1090. The number of hydrogen-bond acceptors (Lipinski definition) is 6. The number of methoxy groups -OCH3 is 1. The van der Waals surface area contributed by atoms with Gasteiger partial charge in [-0.05, 0) is 67.6 Å². The summed E-state index contributed by atoms with van der Waals surface area (Å²) in [6.45, 7) is 5.63. The highest BCUT2D eigenvalue weighted by molar-refractivity contribution is 5.92. The highest BCUT2D eigenvalue weighted by Gasteiger charge is 2.31. The molecule has 4 rings (SSSR count). The lowest BCUT2D eigenvalue weighted by atomic mass is 9.98. The van der Waals surface area contributed by atoms with Crippen LogP contribution in [-0.4, -0.2) is 72.8 Å². The van der Waals surface area contributed by atoms with Crippen LogP contribution < -0.4 is 10.1 Å². The van der Waals surface area contributed by atoms with Crippen LogP contribution in [-0.2, 0) is 11.3 Å². The van der Waals surface area contributed by atoms with E-state index in [0.717, 1.165) is 24.0 Å². The topological polar surface area (TPSA) is 108 Å². The van der Waals surface area contributed by atoms with Crippen molar-refractivity contribution in [1.82, 2.24) is 9.80 Å². The quantitative estimate of drug-likeness (QED) is 0.552. The van der Waals surface area contributed by atoms with E-state index in [-0.39, 0.29) is 17.6 Å². The zero-order valence-electron chi connectivity index (χ0n) is 20.1. The van der Waals surface area contributed by atoms with E-state index in [1.165, 1.54) is 19.2 Å². The minimum Gasteiger partial charge on any atom is -0.494 e. The van der Waals surface area contributed by atoms with Gasteiger partial charge in [-0.1, -0.05) is 0 Å². The smallest absolute Gasteiger partial charge is 0.338 e. The van der Waals surface area contributed by atoms with Gasteiger partial charge in [0, 0.05) is 44.0 Å². The van der Waals surface area contributed by atoms with Crippen molar-refractivity contribution in [3.63, 3.8) is 0 Å². The molecular weight excluding hydrogens is 450 g/mol. The second-order valence-electron chi connectivity index (χ2n) is 8.82. The molecule has 2 amide bonds. The number of nitrogens with zero attached hydrogens (tertiary/aromatic N) is 2. The fraction of sp³-hybridized carbons (Fsp3) is 0.423. The molecule has 186 valence electrons. The molecule has 1 aliphatic carbocycles. The summed E-state index contributed by atoms with van der Waals surface area (Å²) in [5.41, 5.74) is 3.38. The number of amides is 2. The van der Waals surface area contributed by atoms with E-state index in [0.29, 0.717) is 62.2 Å². The third-order valence-electron chi connectivity index (χ3n) is 6.39. The molecule has 0 radical (unpaired) electrons. The van der Waals surface area contributed by atoms with Crippen molar-refractivity contribution in [2.75, 3.05) is 45.2 Å². The molecule has 1 saturated carbocycles. The molecule has 0 unspecified atom stereocenters.